The highest BCUT2D eigenvalue weighted by molar-refractivity contribution is 6.01. The van der Waals surface area contributed by atoms with Gasteiger partial charge in [-0.3, -0.25) is 4.79 Å². The van der Waals surface area contributed by atoms with Crippen LogP contribution in [0.3, 0.4) is 0 Å². The van der Waals surface area contributed by atoms with Crippen LogP contribution < -0.4 is 0 Å². The number of ketones is 1. The first-order valence-electron chi connectivity index (χ1n) is 8.73. The summed E-state index contributed by atoms with van der Waals surface area (Å²) in [6.45, 7) is 3.83. The van der Waals surface area contributed by atoms with Gasteiger partial charge in [-0.1, -0.05) is 18.6 Å². The topological polar surface area (TPSA) is 57.5 Å². The van der Waals surface area contributed by atoms with Crippen LogP contribution in [-0.4, -0.2) is 33.9 Å². The molecule has 0 aliphatic heterocycles. The molecule has 0 aromatic heterocycles. The van der Waals surface area contributed by atoms with Gasteiger partial charge in [0.05, 0.1) is 12.2 Å². The molecule has 3 saturated carbocycles. The van der Waals surface area contributed by atoms with Gasteiger partial charge in [-0.2, -0.15) is 0 Å². The van der Waals surface area contributed by atoms with Crippen molar-refractivity contribution in [1.82, 2.24) is 0 Å². The highest BCUT2D eigenvalue weighted by atomic mass is 19.1. The van der Waals surface area contributed by atoms with Crippen LogP contribution in [0, 0.1) is 22.7 Å². The van der Waals surface area contributed by atoms with E-state index in [-0.39, 0.29) is 24.0 Å². The molecule has 0 bridgehead atoms. The predicted molar refractivity (Wildman–Crippen MR) is 84.4 cm³/mol. The number of alkyl halides is 1. The molecule has 4 heteroatoms. The molecule has 3 fully saturated rings. The van der Waals surface area contributed by atoms with E-state index in [0.29, 0.717) is 19.3 Å². The molecule has 4 aliphatic carbocycles. The summed E-state index contributed by atoms with van der Waals surface area (Å²) in [5, 5.41) is 21.2. The zero-order valence-electron chi connectivity index (χ0n) is 13.8. The van der Waals surface area contributed by atoms with Crippen molar-refractivity contribution in [3.05, 3.63) is 23.8 Å². The molecule has 7 atom stereocenters. The molecular formula is C19H25FO3. The molecule has 2 N–H and O–H groups in total. The molecular weight excluding hydrogens is 295 g/mol. The van der Waals surface area contributed by atoms with Crippen molar-refractivity contribution in [2.75, 3.05) is 0 Å². The van der Waals surface area contributed by atoms with Gasteiger partial charge >= 0.3 is 0 Å². The van der Waals surface area contributed by atoms with Crippen LogP contribution in [0.2, 0.25) is 0 Å². The van der Waals surface area contributed by atoms with Crippen LogP contribution in [-0.2, 0) is 4.79 Å². The molecule has 0 aromatic rings. The predicted octanol–water partition coefficient (Wildman–Crippen LogP) is 2.72. The van der Waals surface area contributed by atoms with Crippen molar-refractivity contribution in [2.45, 2.75) is 63.8 Å². The van der Waals surface area contributed by atoms with Gasteiger partial charge in [0.25, 0.3) is 0 Å². The van der Waals surface area contributed by atoms with Crippen LogP contribution in [0.4, 0.5) is 4.39 Å². The Bertz CT molecular complexity index is 626. The third-order valence-corrected chi connectivity index (χ3v) is 7.59. The van der Waals surface area contributed by atoms with E-state index in [9.17, 15) is 15.0 Å². The van der Waals surface area contributed by atoms with Crippen LogP contribution in [0.25, 0.3) is 0 Å². The number of hydrogen-bond acceptors (Lipinski definition) is 3. The summed E-state index contributed by atoms with van der Waals surface area (Å²) in [6.07, 6.45) is 6.23. The van der Waals surface area contributed by atoms with E-state index in [1.807, 2.05) is 13.8 Å². The molecule has 126 valence electrons. The molecule has 4 rings (SSSR count). The Kier molecular flexibility index (Phi) is 3.07. The second-order valence-electron chi connectivity index (χ2n) is 8.45. The average molecular weight is 320 g/mol. The smallest absolute Gasteiger partial charge is 0.178 e. The van der Waals surface area contributed by atoms with Crippen LogP contribution in [0.15, 0.2) is 23.8 Å². The maximum absolute atomic E-state index is 16.5. The van der Waals surface area contributed by atoms with Gasteiger partial charge in [-0.25, -0.2) is 4.39 Å². The Morgan fingerprint density at radius 1 is 1.13 bits per heavy atom. The maximum Gasteiger partial charge on any atom is 0.178 e. The summed E-state index contributed by atoms with van der Waals surface area (Å²) in [4.78, 5) is 11.7. The third kappa shape index (κ3) is 1.69. The van der Waals surface area contributed by atoms with Crippen LogP contribution >= 0.6 is 0 Å². The number of aliphatic hydroxyl groups excluding tert-OH is 2. The zero-order chi connectivity index (χ0) is 16.6. The van der Waals surface area contributed by atoms with E-state index >= 15 is 4.39 Å². The number of rotatable bonds is 0. The lowest BCUT2D eigenvalue weighted by atomic mass is 9.46. The Morgan fingerprint density at radius 3 is 2.61 bits per heavy atom. The minimum Gasteiger partial charge on any atom is -0.393 e. The lowest BCUT2D eigenvalue weighted by molar-refractivity contribution is -0.200. The van der Waals surface area contributed by atoms with E-state index in [1.54, 1.807) is 12.2 Å². The molecule has 23 heavy (non-hydrogen) atoms. The van der Waals surface area contributed by atoms with Crippen molar-refractivity contribution < 1.29 is 19.4 Å². The third-order valence-electron chi connectivity index (χ3n) is 7.59. The van der Waals surface area contributed by atoms with Crippen LogP contribution in [0.1, 0.15) is 46.0 Å². The largest absolute Gasteiger partial charge is 0.393 e. The maximum atomic E-state index is 16.5. The summed E-state index contributed by atoms with van der Waals surface area (Å²) in [5.41, 5.74) is -2.27. The number of allylic oxidation sites excluding steroid dienone is 4. The normalized spacial score (nSPS) is 55.0. The molecule has 0 saturated heterocycles. The van der Waals surface area contributed by atoms with Gasteiger partial charge in [0, 0.05) is 11.3 Å². The van der Waals surface area contributed by atoms with Crippen molar-refractivity contribution >= 4 is 5.78 Å². The van der Waals surface area contributed by atoms with E-state index in [4.69, 9.17) is 0 Å². The molecule has 0 heterocycles. The van der Waals surface area contributed by atoms with E-state index < -0.39 is 28.7 Å². The van der Waals surface area contributed by atoms with Crippen LogP contribution in [0.5, 0.6) is 0 Å². The fourth-order valence-electron chi connectivity index (χ4n) is 6.18. The highest BCUT2D eigenvalue weighted by Gasteiger charge is 2.70. The molecule has 3 nitrogen and oxygen atoms in total. The summed E-state index contributed by atoms with van der Waals surface area (Å²) in [7, 11) is 0. The van der Waals surface area contributed by atoms with Gasteiger partial charge < -0.3 is 10.2 Å². The number of fused-ring (bicyclic) bond motifs is 5. The summed E-state index contributed by atoms with van der Waals surface area (Å²) in [5.74, 6) is -0.269. The van der Waals surface area contributed by atoms with E-state index in [0.717, 1.165) is 12.0 Å². The standard InChI is InChI=1S/C19H25FO3/c1-17-10-16(23)19(20)14(13(17)5-6-15(17)22)4-3-11-9-12(21)7-8-18(11,19)2/h7-9,13-16,22-23H,3-6,10H2,1-2H3/t13-,14-,15+,16-,17-,18-,19-/m0/s1. The fourth-order valence-corrected chi connectivity index (χ4v) is 6.18. The second-order valence-corrected chi connectivity index (χ2v) is 8.45. The van der Waals surface area contributed by atoms with Crippen molar-refractivity contribution in [1.29, 1.82) is 0 Å². The van der Waals surface area contributed by atoms with Crippen molar-refractivity contribution in [2.24, 2.45) is 22.7 Å². The van der Waals surface area contributed by atoms with Crippen molar-refractivity contribution in [3.8, 4) is 0 Å². The molecule has 0 unspecified atom stereocenters. The lowest BCUT2D eigenvalue weighted by Gasteiger charge is -2.61. The minimum atomic E-state index is -1.76. The quantitative estimate of drug-likeness (QED) is 0.721. The Balaban J connectivity index is 1.83. The molecule has 0 aromatic carbocycles. The van der Waals surface area contributed by atoms with E-state index in [1.165, 1.54) is 6.08 Å². The van der Waals surface area contributed by atoms with Gasteiger partial charge in [-0.15, -0.1) is 0 Å². The average Bonchev–Trinajstić information content (AvgIpc) is 2.77. The molecule has 0 spiro atoms. The van der Waals surface area contributed by atoms with Gasteiger partial charge in [0.2, 0.25) is 0 Å². The summed E-state index contributed by atoms with van der Waals surface area (Å²) < 4.78 is 16.5. The summed E-state index contributed by atoms with van der Waals surface area (Å²) >= 11 is 0. The highest BCUT2D eigenvalue weighted by Crippen LogP contribution is 2.67. The monoisotopic (exact) mass is 320 g/mol. The number of carbonyl (C=O) groups is 1. The molecule has 0 radical (unpaired) electrons. The van der Waals surface area contributed by atoms with Gasteiger partial charge in [0.1, 0.15) is 0 Å². The Labute approximate surface area is 136 Å². The first-order chi connectivity index (χ1) is 10.7. The first-order valence-corrected chi connectivity index (χ1v) is 8.73. The fraction of sp³-hybridized carbons (Fsp3) is 0.737. The lowest BCUT2D eigenvalue weighted by Crippen LogP contribution is -2.66. The number of carbonyl (C=O) groups excluding carboxylic acids is 1. The Morgan fingerprint density at radius 2 is 1.87 bits per heavy atom. The van der Waals surface area contributed by atoms with Gasteiger partial charge in [0.15, 0.2) is 11.5 Å². The number of aliphatic hydroxyl groups is 2. The number of hydrogen-bond donors (Lipinski definition) is 2. The zero-order valence-corrected chi connectivity index (χ0v) is 13.8. The van der Waals surface area contributed by atoms with E-state index in [2.05, 4.69) is 0 Å². The molecule has 4 aliphatic rings. The van der Waals surface area contributed by atoms with Gasteiger partial charge in [-0.05, 0) is 62.5 Å². The minimum absolute atomic E-state index is 0.0917. The second kappa shape index (κ2) is 4.54. The number of halogens is 1. The first kappa shape index (κ1) is 15.5. The summed E-state index contributed by atoms with van der Waals surface area (Å²) in [6, 6.07) is 0. The SMILES string of the molecule is C[C@]12C[C@H](O)[C@@]3(F)[C@@H](CCC4=CC(=O)C=C[C@@]43C)[C@@H]1CC[C@H]2O. The van der Waals surface area contributed by atoms with Crippen molar-refractivity contribution in [3.63, 3.8) is 0 Å². The Hall–Kier alpha value is -1.00. The molecule has 0 amide bonds.